The second kappa shape index (κ2) is 7.56. The molecule has 1 heterocycles. The molecule has 1 aliphatic heterocycles. The van der Waals surface area contributed by atoms with Gasteiger partial charge in [-0.05, 0) is 43.0 Å². The summed E-state index contributed by atoms with van der Waals surface area (Å²) in [5.41, 5.74) is 10.4. The smallest absolute Gasteiger partial charge is 0.237 e. The van der Waals surface area contributed by atoms with Gasteiger partial charge in [-0.25, -0.2) is 0 Å². The molecule has 0 saturated carbocycles. The number of nitrogens with zero attached hydrogens (tertiary/aromatic N) is 2. The average molecular weight is 329 g/mol. The van der Waals surface area contributed by atoms with Crippen LogP contribution in [0.25, 0.3) is 0 Å². The van der Waals surface area contributed by atoms with Gasteiger partial charge in [0.1, 0.15) is 6.04 Å². The lowest BCUT2D eigenvalue weighted by Crippen LogP contribution is -2.40. The molecule has 0 fully saturated rings. The Kier molecular flexibility index (Phi) is 5.73. The number of carbonyl (C=O) groups excluding carboxylic acids is 1. The summed E-state index contributed by atoms with van der Waals surface area (Å²) in [6, 6.07) is 5.84. The van der Waals surface area contributed by atoms with Crippen LogP contribution in [0.15, 0.2) is 24.3 Å². The second-order valence-corrected chi connectivity index (χ2v) is 6.97. The van der Waals surface area contributed by atoms with Crippen molar-refractivity contribution in [3.05, 3.63) is 41.0 Å². The van der Waals surface area contributed by atoms with E-state index in [0.29, 0.717) is 12.3 Å². The standard InChI is InChI=1S/C18H23N3OS/c1-4-16(18(22)21-9-5-6-15(21)10-19)23-11-14-8-7-12(2)13(3)17(14)20/h5-8,15-16H,4,9,11,20H2,1-3H3. The van der Waals surface area contributed by atoms with Gasteiger partial charge < -0.3 is 10.6 Å². The molecule has 2 rings (SSSR count). The fourth-order valence-corrected chi connectivity index (χ4v) is 3.77. The highest BCUT2D eigenvalue weighted by Crippen LogP contribution is 2.29. The van der Waals surface area contributed by atoms with Crippen LogP contribution in [0.5, 0.6) is 0 Å². The summed E-state index contributed by atoms with van der Waals surface area (Å²) in [5.74, 6) is 0.742. The van der Waals surface area contributed by atoms with E-state index in [0.717, 1.165) is 23.2 Å². The van der Waals surface area contributed by atoms with E-state index in [2.05, 4.69) is 12.1 Å². The van der Waals surface area contributed by atoms with Gasteiger partial charge in [0.15, 0.2) is 0 Å². The van der Waals surface area contributed by atoms with E-state index in [1.54, 1.807) is 22.7 Å². The molecule has 4 nitrogen and oxygen atoms in total. The van der Waals surface area contributed by atoms with E-state index < -0.39 is 6.04 Å². The minimum absolute atomic E-state index is 0.0384. The Labute approximate surface area is 142 Å². The van der Waals surface area contributed by atoms with Crippen LogP contribution in [-0.2, 0) is 10.5 Å². The Morgan fingerprint density at radius 3 is 2.91 bits per heavy atom. The lowest BCUT2D eigenvalue weighted by atomic mass is 10.0. The van der Waals surface area contributed by atoms with E-state index >= 15 is 0 Å². The van der Waals surface area contributed by atoms with Gasteiger partial charge in [-0.2, -0.15) is 5.26 Å². The highest BCUT2D eigenvalue weighted by molar-refractivity contribution is 7.99. The lowest BCUT2D eigenvalue weighted by Gasteiger charge is -2.25. The molecule has 0 saturated heterocycles. The topological polar surface area (TPSA) is 70.1 Å². The maximum Gasteiger partial charge on any atom is 0.237 e. The number of carbonyl (C=O) groups is 1. The second-order valence-electron chi connectivity index (χ2n) is 5.78. The van der Waals surface area contributed by atoms with Gasteiger partial charge in [0.2, 0.25) is 5.91 Å². The van der Waals surface area contributed by atoms with E-state index in [1.807, 2.05) is 32.9 Å². The van der Waals surface area contributed by atoms with E-state index in [4.69, 9.17) is 11.0 Å². The van der Waals surface area contributed by atoms with E-state index in [9.17, 15) is 4.79 Å². The molecule has 0 radical (unpaired) electrons. The van der Waals surface area contributed by atoms with Crippen molar-refractivity contribution in [2.75, 3.05) is 12.3 Å². The van der Waals surface area contributed by atoms with Crippen LogP contribution in [0.1, 0.15) is 30.0 Å². The SMILES string of the molecule is CCC(SCc1ccc(C)c(C)c1N)C(=O)N1CC=CC1C#N. The summed E-state index contributed by atoms with van der Waals surface area (Å²) in [7, 11) is 0. The first-order chi connectivity index (χ1) is 11.0. The highest BCUT2D eigenvalue weighted by atomic mass is 32.2. The summed E-state index contributed by atoms with van der Waals surface area (Å²) in [4.78, 5) is 14.3. The third-order valence-electron chi connectivity index (χ3n) is 4.33. The molecule has 0 spiro atoms. The Morgan fingerprint density at radius 1 is 1.52 bits per heavy atom. The first-order valence-corrected chi connectivity index (χ1v) is 8.87. The number of rotatable bonds is 5. The number of hydrogen-bond donors (Lipinski definition) is 1. The lowest BCUT2D eigenvalue weighted by molar-refractivity contribution is -0.130. The minimum atomic E-state index is -0.427. The van der Waals surface area contributed by atoms with Crippen molar-refractivity contribution in [3.8, 4) is 6.07 Å². The summed E-state index contributed by atoms with van der Waals surface area (Å²) < 4.78 is 0. The van der Waals surface area contributed by atoms with Crippen LogP contribution in [-0.4, -0.2) is 28.6 Å². The molecule has 0 aromatic heterocycles. The molecule has 1 aromatic carbocycles. The largest absolute Gasteiger partial charge is 0.398 e. The van der Waals surface area contributed by atoms with Crippen LogP contribution < -0.4 is 5.73 Å². The molecule has 2 unspecified atom stereocenters. The van der Waals surface area contributed by atoms with Crippen molar-refractivity contribution in [1.29, 1.82) is 5.26 Å². The van der Waals surface area contributed by atoms with Gasteiger partial charge in [0.05, 0.1) is 11.3 Å². The monoisotopic (exact) mass is 329 g/mol. The summed E-state index contributed by atoms with van der Waals surface area (Å²) in [6.07, 6.45) is 4.41. The molecule has 0 bridgehead atoms. The van der Waals surface area contributed by atoms with Crippen molar-refractivity contribution in [1.82, 2.24) is 4.90 Å². The maximum atomic E-state index is 12.7. The van der Waals surface area contributed by atoms with Crippen molar-refractivity contribution in [2.45, 2.75) is 44.2 Å². The first kappa shape index (κ1) is 17.4. The number of thioether (sulfide) groups is 1. The zero-order chi connectivity index (χ0) is 17.0. The molecular weight excluding hydrogens is 306 g/mol. The van der Waals surface area contributed by atoms with Crippen LogP contribution in [0.4, 0.5) is 5.69 Å². The number of hydrogen-bond acceptors (Lipinski definition) is 4. The number of amides is 1. The van der Waals surface area contributed by atoms with Gasteiger partial charge in [-0.15, -0.1) is 11.8 Å². The highest BCUT2D eigenvalue weighted by Gasteiger charge is 2.29. The van der Waals surface area contributed by atoms with Crippen LogP contribution >= 0.6 is 11.8 Å². The van der Waals surface area contributed by atoms with Gasteiger partial charge in [-0.3, -0.25) is 4.79 Å². The first-order valence-electron chi connectivity index (χ1n) is 7.82. The predicted octanol–water partition coefficient (Wildman–Crippen LogP) is 3.19. The number of nitrogens with two attached hydrogens (primary N) is 1. The summed E-state index contributed by atoms with van der Waals surface area (Å²) in [6.45, 7) is 6.60. The molecule has 2 N–H and O–H groups in total. The molecule has 1 aromatic rings. The van der Waals surface area contributed by atoms with E-state index in [-0.39, 0.29) is 11.2 Å². The van der Waals surface area contributed by atoms with Crippen LogP contribution in [0.2, 0.25) is 0 Å². The molecule has 1 aliphatic rings. The number of benzene rings is 1. The number of nitrogen functional groups attached to an aromatic ring is 1. The Morgan fingerprint density at radius 2 is 2.26 bits per heavy atom. The average Bonchev–Trinajstić information content (AvgIpc) is 3.03. The molecular formula is C18H23N3OS. The fourth-order valence-electron chi connectivity index (χ4n) is 2.62. The van der Waals surface area contributed by atoms with Gasteiger partial charge >= 0.3 is 0 Å². The van der Waals surface area contributed by atoms with Crippen molar-refractivity contribution in [2.24, 2.45) is 0 Å². The van der Waals surface area contributed by atoms with E-state index in [1.165, 1.54) is 5.56 Å². The van der Waals surface area contributed by atoms with Gasteiger partial charge in [0.25, 0.3) is 0 Å². The summed E-state index contributed by atoms with van der Waals surface area (Å²) in [5, 5.41) is 8.98. The Bertz CT molecular complexity index is 663. The quantitative estimate of drug-likeness (QED) is 0.665. The third-order valence-corrected chi connectivity index (χ3v) is 5.75. The van der Waals surface area contributed by atoms with Gasteiger partial charge in [-0.1, -0.05) is 25.1 Å². The molecule has 5 heteroatoms. The predicted molar refractivity (Wildman–Crippen MR) is 96.0 cm³/mol. The summed E-state index contributed by atoms with van der Waals surface area (Å²) >= 11 is 1.60. The van der Waals surface area contributed by atoms with Crippen molar-refractivity contribution < 1.29 is 4.79 Å². The molecule has 0 aliphatic carbocycles. The van der Waals surface area contributed by atoms with Crippen LogP contribution in [0, 0.1) is 25.2 Å². The normalized spacial score (nSPS) is 18.0. The van der Waals surface area contributed by atoms with Gasteiger partial charge in [0, 0.05) is 18.0 Å². The number of anilines is 1. The Hall–Kier alpha value is -1.93. The molecule has 122 valence electrons. The maximum absolute atomic E-state index is 12.7. The Balaban J connectivity index is 2.05. The molecule has 23 heavy (non-hydrogen) atoms. The molecule has 1 amide bonds. The number of nitriles is 1. The zero-order valence-corrected chi connectivity index (χ0v) is 14.7. The van der Waals surface area contributed by atoms with Crippen molar-refractivity contribution in [3.63, 3.8) is 0 Å². The fraction of sp³-hybridized carbons (Fsp3) is 0.444. The van der Waals surface area contributed by atoms with Crippen LogP contribution in [0.3, 0.4) is 0 Å². The third kappa shape index (κ3) is 3.70. The van der Waals surface area contributed by atoms with Crippen molar-refractivity contribution >= 4 is 23.4 Å². The zero-order valence-electron chi connectivity index (χ0n) is 13.9. The molecule has 2 atom stereocenters. The number of aryl methyl sites for hydroxylation is 1. The minimum Gasteiger partial charge on any atom is -0.398 e.